The minimum atomic E-state index is -1.38. The van der Waals surface area contributed by atoms with Gasteiger partial charge in [-0.1, -0.05) is 42.5 Å². The summed E-state index contributed by atoms with van der Waals surface area (Å²) < 4.78 is 11.9. The fourth-order valence-electron chi connectivity index (χ4n) is 3.92. The number of urea groups is 1. The van der Waals surface area contributed by atoms with E-state index in [1.165, 1.54) is 0 Å². The van der Waals surface area contributed by atoms with Crippen molar-refractivity contribution in [1.29, 1.82) is 0 Å². The van der Waals surface area contributed by atoms with Crippen LogP contribution in [0.4, 0.5) is 4.79 Å². The molecular weight excluding hydrogens is 408 g/mol. The Labute approximate surface area is 185 Å². The zero-order valence-corrected chi connectivity index (χ0v) is 17.4. The maximum atomic E-state index is 11.8. The molecule has 4 rings (SSSR count). The predicted molar refractivity (Wildman–Crippen MR) is 119 cm³/mol. The van der Waals surface area contributed by atoms with Crippen molar-refractivity contribution in [1.82, 2.24) is 5.32 Å². The lowest BCUT2D eigenvalue weighted by molar-refractivity contribution is -0.144. The van der Waals surface area contributed by atoms with Gasteiger partial charge in [-0.2, -0.15) is 0 Å². The van der Waals surface area contributed by atoms with Crippen molar-refractivity contribution in [2.24, 2.45) is 5.73 Å². The van der Waals surface area contributed by atoms with Gasteiger partial charge in [0.15, 0.2) is 0 Å². The minimum Gasteiger partial charge on any atom is -0.489 e. The van der Waals surface area contributed by atoms with Gasteiger partial charge in [-0.3, -0.25) is 0 Å². The molecule has 4 N–H and O–H groups in total. The van der Waals surface area contributed by atoms with E-state index in [0.29, 0.717) is 30.3 Å². The van der Waals surface area contributed by atoms with Gasteiger partial charge in [-0.15, -0.1) is 0 Å². The van der Waals surface area contributed by atoms with Crippen LogP contribution in [0.1, 0.15) is 23.1 Å². The number of carboxylic acid groups (broad SMARTS) is 1. The normalized spacial score (nSPS) is 17.1. The van der Waals surface area contributed by atoms with Crippen LogP contribution in [0.2, 0.25) is 0 Å². The van der Waals surface area contributed by atoms with Crippen LogP contribution in [0, 0.1) is 0 Å². The maximum Gasteiger partial charge on any atom is 0.329 e. The van der Waals surface area contributed by atoms with Gasteiger partial charge >= 0.3 is 12.0 Å². The second-order valence-electron chi connectivity index (χ2n) is 7.83. The molecule has 7 heteroatoms. The van der Waals surface area contributed by atoms with Crippen molar-refractivity contribution < 1.29 is 24.2 Å². The highest BCUT2D eigenvalue weighted by atomic mass is 16.5. The molecule has 0 aromatic heterocycles. The maximum absolute atomic E-state index is 11.8. The van der Waals surface area contributed by atoms with Crippen molar-refractivity contribution in [2.75, 3.05) is 0 Å². The third-order valence-electron chi connectivity index (χ3n) is 5.55. The molecule has 0 aliphatic heterocycles. The van der Waals surface area contributed by atoms with Gasteiger partial charge in [0.2, 0.25) is 0 Å². The lowest BCUT2D eigenvalue weighted by Gasteiger charge is -2.34. The highest BCUT2D eigenvalue weighted by Gasteiger charge is 2.42. The Bertz CT molecular complexity index is 1130. The lowest BCUT2D eigenvalue weighted by Crippen LogP contribution is -2.59. The summed E-state index contributed by atoms with van der Waals surface area (Å²) in [5.74, 6) is 0.902. The highest BCUT2D eigenvalue weighted by Crippen LogP contribution is 2.33. The van der Waals surface area contributed by atoms with Gasteiger partial charge < -0.3 is 25.6 Å². The topological polar surface area (TPSA) is 111 Å². The summed E-state index contributed by atoms with van der Waals surface area (Å²) in [7, 11) is 0. The number of primary amides is 1. The monoisotopic (exact) mass is 432 g/mol. The first-order valence-electron chi connectivity index (χ1n) is 10.3. The first kappa shape index (κ1) is 21.2. The number of amides is 2. The molecule has 0 saturated heterocycles. The quantitative estimate of drug-likeness (QED) is 0.522. The largest absolute Gasteiger partial charge is 0.489 e. The molecule has 2 amide bonds. The van der Waals surface area contributed by atoms with Gasteiger partial charge in [0, 0.05) is 12.5 Å². The van der Waals surface area contributed by atoms with E-state index in [9.17, 15) is 14.7 Å². The van der Waals surface area contributed by atoms with Crippen LogP contribution in [-0.4, -0.2) is 22.6 Å². The number of rotatable bonds is 7. The Kier molecular flexibility index (Phi) is 5.98. The van der Waals surface area contributed by atoms with E-state index in [-0.39, 0.29) is 12.8 Å². The summed E-state index contributed by atoms with van der Waals surface area (Å²) in [5, 5.41) is 12.1. The zero-order chi connectivity index (χ0) is 22.6. The molecule has 0 spiro atoms. The van der Waals surface area contributed by atoms with Crippen molar-refractivity contribution in [3.05, 3.63) is 89.5 Å². The molecule has 0 heterocycles. The molecule has 32 heavy (non-hydrogen) atoms. The van der Waals surface area contributed by atoms with Crippen LogP contribution >= 0.6 is 0 Å². The number of nitrogens with one attached hydrogen (secondary N) is 1. The van der Waals surface area contributed by atoms with Crippen molar-refractivity contribution in [3.8, 4) is 17.2 Å². The molecule has 164 valence electrons. The van der Waals surface area contributed by atoms with E-state index >= 15 is 0 Å². The summed E-state index contributed by atoms with van der Waals surface area (Å²) in [5.41, 5.74) is 6.73. The number of hydrogen-bond donors (Lipinski definition) is 3. The second-order valence-corrected chi connectivity index (χ2v) is 7.83. The molecule has 0 saturated carbocycles. The molecule has 1 aliphatic carbocycles. The number of hydrogen-bond acceptors (Lipinski definition) is 4. The Morgan fingerprint density at radius 2 is 1.69 bits per heavy atom. The van der Waals surface area contributed by atoms with Gasteiger partial charge in [-0.05, 0) is 53.8 Å². The van der Waals surface area contributed by atoms with Crippen molar-refractivity contribution >= 4 is 12.0 Å². The van der Waals surface area contributed by atoms with Crippen LogP contribution in [-0.2, 0) is 24.2 Å². The number of fused-ring (bicyclic) bond motifs is 1. The van der Waals surface area contributed by atoms with Gasteiger partial charge in [-0.25, -0.2) is 9.59 Å². The molecule has 1 atom stereocenters. The SMILES string of the molecule is NC(=O)NC1(C(=O)O)CCc2cc(Oc3cccc(OCc4ccccc4)c3)ccc2C1. The molecule has 1 unspecified atom stereocenters. The number of nitrogens with two attached hydrogens (primary N) is 1. The van der Waals surface area contributed by atoms with Crippen LogP contribution in [0.3, 0.4) is 0 Å². The second kappa shape index (κ2) is 9.01. The van der Waals surface area contributed by atoms with Crippen LogP contribution < -0.4 is 20.5 Å². The average molecular weight is 432 g/mol. The Morgan fingerprint density at radius 3 is 2.44 bits per heavy atom. The minimum absolute atomic E-state index is 0.170. The lowest BCUT2D eigenvalue weighted by atomic mass is 9.78. The average Bonchev–Trinajstić information content (AvgIpc) is 2.78. The summed E-state index contributed by atoms with van der Waals surface area (Å²) in [6, 6.07) is 22.0. The van der Waals surface area contributed by atoms with Gasteiger partial charge in [0.1, 0.15) is 29.4 Å². The first-order chi connectivity index (χ1) is 15.4. The molecule has 0 radical (unpaired) electrons. The van der Waals surface area contributed by atoms with E-state index in [1.807, 2.05) is 66.7 Å². The smallest absolute Gasteiger partial charge is 0.329 e. The number of aryl methyl sites for hydroxylation is 1. The van der Waals surface area contributed by atoms with E-state index in [4.69, 9.17) is 15.2 Å². The van der Waals surface area contributed by atoms with Crippen molar-refractivity contribution in [3.63, 3.8) is 0 Å². The summed E-state index contributed by atoms with van der Waals surface area (Å²) in [6.45, 7) is 0.466. The van der Waals surface area contributed by atoms with Crippen LogP contribution in [0.15, 0.2) is 72.8 Å². The fraction of sp³-hybridized carbons (Fsp3) is 0.200. The third kappa shape index (κ3) is 4.83. The predicted octanol–water partition coefficient (Wildman–Crippen LogP) is 4.04. The summed E-state index contributed by atoms with van der Waals surface area (Å²) >= 11 is 0. The number of carbonyl (C=O) groups excluding carboxylic acids is 1. The Hall–Kier alpha value is -4.00. The molecule has 1 aliphatic rings. The fourth-order valence-corrected chi connectivity index (χ4v) is 3.92. The molecule has 3 aromatic rings. The van der Waals surface area contributed by atoms with E-state index in [0.717, 1.165) is 16.7 Å². The van der Waals surface area contributed by atoms with Crippen molar-refractivity contribution in [2.45, 2.75) is 31.4 Å². The number of benzene rings is 3. The van der Waals surface area contributed by atoms with Gasteiger partial charge in [0.05, 0.1) is 0 Å². The summed E-state index contributed by atoms with van der Waals surface area (Å²) in [6.07, 6.45) is 0.910. The standard InChI is InChI=1S/C25H24N2O5/c26-24(30)27-25(23(28)29)12-11-18-13-22(10-9-19(18)15-25)32-21-8-4-7-20(14-21)31-16-17-5-2-1-3-6-17/h1-10,13-14H,11-12,15-16H2,(H,28,29)(H3,26,27,30). The zero-order valence-electron chi connectivity index (χ0n) is 17.4. The van der Waals surface area contributed by atoms with Gasteiger partial charge in [0.25, 0.3) is 0 Å². The van der Waals surface area contributed by atoms with Crippen LogP contribution in [0.5, 0.6) is 17.2 Å². The molecule has 0 fully saturated rings. The molecule has 7 nitrogen and oxygen atoms in total. The number of ether oxygens (including phenoxy) is 2. The molecular formula is C25H24N2O5. The first-order valence-corrected chi connectivity index (χ1v) is 10.3. The van der Waals surface area contributed by atoms with Crippen LogP contribution in [0.25, 0.3) is 0 Å². The van der Waals surface area contributed by atoms with E-state index in [2.05, 4.69) is 5.32 Å². The Morgan fingerprint density at radius 1 is 0.938 bits per heavy atom. The number of aliphatic carboxylic acids is 1. The third-order valence-corrected chi connectivity index (χ3v) is 5.55. The number of carbonyl (C=O) groups is 2. The highest BCUT2D eigenvalue weighted by molar-refractivity contribution is 5.86. The number of carboxylic acids is 1. The Balaban J connectivity index is 1.45. The van der Waals surface area contributed by atoms with E-state index < -0.39 is 17.5 Å². The molecule has 0 bridgehead atoms. The molecule has 3 aromatic carbocycles. The summed E-state index contributed by atoms with van der Waals surface area (Å²) in [4.78, 5) is 23.1. The van der Waals surface area contributed by atoms with E-state index in [1.54, 1.807) is 6.07 Å².